The topological polar surface area (TPSA) is 64.9 Å². The Morgan fingerprint density at radius 3 is 2.54 bits per heavy atom. The largest absolute Gasteiger partial charge is 0.423 e. The summed E-state index contributed by atoms with van der Waals surface area (Å²) in [5, 5.41) is 15.1. The summed E-state index contributed by atoms with van der Waals surface area (Å²) in [6.07, 6.45) is 1.11. The van der Waals surface area contributed by atoms with E-state index in [4.69, 9.17) is 4.74 Å². The predicted octanol–water partition coefficient (Wildman–Crippen LogP) is 3.34. The Balaban J connectivity index is 1.68. The van der Waals surface area contributed by atoms with Gasteiger partial charge in [-0.25, -0.2) is 0 Å². The highest BCUT2D eigenvalue weighted by Crippen LogP contribution is 2.21. The molecule has 3 aromatic rings. The van der Waals surface area contributed by atoms with Gasteiger partial charge >= 0.3 is 6.01 Å². The van der Waals surface area contributed by atoms with Crippen LogP contribution < -0.4 is 10.1 Å². The predicted molar refractivity (Wildman–Crippen MR) is 92.3 cm³/mol. The summed E-state index contributed by atoms with van der Waals surface area (Å²) in [5.74, 6) is 0.703. The van der Waals surface area contributed by atoms with Crippen LogP contribution >= 0.6 is 0 Å². The first-order valence-electron chi connectivity index (χ1n) is 8.10. The third-order valence-corrected chi connectivity index (χ3v) is 3.84. The van der Waals surface area contributed by atoms with Crippen molar-refractivity contribution in [3.63, 3.8) is 0 Å². The minimum Gasteiger partial charge on any atom is -0.423 e. The lowest BCUT2D eigenvalue weighted by atomic mass is 10.2. The molecule has 1 heterocycles. The van der Waals surface area contributed by atoms with Crippen molar-refractivity contribution >= 4 is 0 Å². The number of nitrogens with one attached hydrogen (secondary N) is 1. The number of benzene rings is 2. The lowest BCUT2D eigenvalue weighted by molar-refractivity contribution is 0.427. The Bertz CT molecular complexity index is 755. The molecule has 6 heteroatoms. The minimum atomic E-state index is 0.340. The van der Waals surface area contributed by atoms with Gasteiger partial charge in [0.25, 0.3) is 0 Å². The number of rotatable bonds is 7. The Hall–Kier alpha value is -2.73. The average molecular weight is 323 g/mol. The van der Waals surface area contributed by atoms with E-state index in [1.165, 1.54) is 5.56 Å². The lowest BCUT2D eigenvalue weighted by Gasteiger charge is -2.11. The number of para-hydroxylation sites is 1. The summed E-state index contributed by atoms with van der Waals surface area (Å²) in [6, 6.07) is 18.4. The van der Waals surface area contributed by atoms with Gasteiger partial charge in [-0.1, -0.05) is 42.4 Å². The Morgan fingerprint density at radius 1 is 1.08 bits per heavy atom. The van der Waals surface area contributed by atoms with Crippen LogP contribution in [-0.4, -0.2) is 26.2 Å². The van der Waals surface area contributed by atoms with Crippen LogP contribution in [0.4, 0.5) is 0 Å². The van der Waals surface area contributed by atoms with Crippen molar-refractivity contribution in [3.8, 4) is 17.4 Å². The molecule has 0 amide bonds. The number of hydrogen-bond donors (Lipinski definition) is 1. The molecule has 1 unspecified atom stereocenters. The van der Waals surface area contributed by atoms with Crippen LogP contribution in [0.1, 0.15) is 25.8 Å². The molecule has 3 rings (SSSR count). The van der Waals surface area contributed by atoms with Crippen LogP contribution in [0, 0.1) is 0 Å². The van der Waals surface area contributed by atoms with Crippen molar-refractivity contribution in [2.45, 2.75) is 32.9 Å². The smallest absolute Gasteiger partial charge is 0.345 e. The first-order chi connectivity index (χ1) is 11.8. The molecule has 0 aliphatic heterocycles. The molecule has 1 aromatic heterocycles. The van der Waals surface area contributed by atoms with Gasteiger partial charge < -0.3 is 10.1 Å². The number of hydrogen-bond acceptors (Lipinski definition) is 5. The zero-order valence-electron chi connectivity index (χ0n) is 13.9. The van der Waals surface area contributed by atoms with Crippen molar-refractivity contribution in [1.82, 2.24) is 25.5 Å². The second kappa shape index (κ2) is 7.70. The van der Waals surface area contributed by atoms with Crippen molar-refractivity contribution in [2.24, 2.45) is 0 Å². The van der Waals surface area contributed by atoms with E-state index in [2.05, 4.69) is 34.7 Å². The number of ether oxygens (including phenoxy) is 1. The van der Waals surface area contributed by atoms with Gasteiger partial charge in [-0.2, -0.15) is 4.68 Å². The zero-order valence-corrected chi connectivity index (χ0v) is 13.9. The summed E-state index contributed by atoms with van der Waals surface area (Å²) in [6.45, 7) is 5.20. The molecule has 0 saturated heterocycles. The van der Waals surface area contributed by atoms with E-state index in [1.807, 2.05) is 54.6 Å². The van der Waals surface area contributed by atoms with E-state index >= 15 is 0 Å². The standard InChI is InChI=1S/C18H21N5O/c1-3-14(2)19-13-15-9-11-17(12-10-15)24-18-20-21-22-23(18)16-7-5-4-6-8-16/h4-12,14,19H,3,13H2,1-2H3. The molecular weight excluding hydrogens is 302 g/mol. The van der Waals surface area contributed by atoms with Crippen LogP contribution in [0.2, 0.25) is 0 Å². The third-order valence-electron chi connectivity index (χ3n) is 3.84. The minimum absolute atomic E-state index is 0.340. The SMILES string of the molecule is CCC(C)NCc1ccc(Oc2nnnn2-c2ccccc2)cc1. The molecule has 124 valence electrons. The van der Waals surface area contributed by atoms with Gasteiger partial charge in [0.05, 0.1) is 5.69 Å². The molecule has 0 spiro atoms. The van der Waals surface area contributed by atoms with Gasteiger partial charge in [0.15, 0.2) is 0 Å². The Labute approximate surface area is 141 Å². The summed E-state index contributed by atoms with van der Waals surface area (Å²) in [5.41, 5.74) is 2.07. The maximum Gasteiger partial charge on any atom is 0.345 e. The molecule has 1 atom stereocenters. The second-order valence-electron chi connectivity index (χ2n) is 5.65. The fourth-order valence-electron chi connectivity index (χ4n) is 2.19. The Kier molecular flexibility index (Phi) is 5.18. The van der Waals surface area contributed by atoms with Crippen LogP contribution in [0.25, 0.3) is 5.69 Å². The maximum atomic E-state index is 5.81. The van der Waals surface area contributed by atoms with Gasteiger partial charge in [-0.15, -0.1) is 0 Å². The first kappa shape index (κ1) is 16.1. The van der Waals surface area contributed by atoms with Crippen LogP contribution in [0.3, 0.4) is 0 Å². The zero-order chi connectivity index (χ0) is 16.8. The van der Waals surface area contributed by atoms with Crippen molar-refractivity contribution in [1.29, 1.82) is 0 Å². The van der Waals surface area contributed by atoms with Crippen molar-refractivity contribution in [2.75, 3.05) is 0 Å². The number of nitrogens with zero attached hydrogens (tertiary/aromatic N) is 4. The highest BCUT2D eigenvalue weighted by molar-refractivity contribution is 5.34. The van der Waals surface area contributed by atoms with Crippen LogP contribution in [0.15, 0.2) is 54.6 Å². The Morgan fingerprint density at radius 2 is 1.83 bits per heavy atom. The number of aromatic nitrogens is 4. The molecule has 0 aliphatic carbocycles. The lowest BCUT2D eigenvalue weighted by Crippen LogP contribution is -2.24. The van der Waals surface area contributed by atoms with Gasteiger partial charge in [-0.3, -0.25) is 0 Å². The van der Waals surface area contributed by atoms with E-state index < -0.39 is 0 Å². The van der Waals surface area contributed by atoms with Gasteiger partial charge in [0.1, 0.15) is 5.75 Å². The molecule has 1 N–H and O–H groups in total. The summed E-state index contributed by atoms with van der Waals surface area (Å²) < 4.78 is 7.38. The van der Waals surface area contributed by atoms with E-state index in [1.54, 1.807) is 4.68 Å². The fraction of sp³-hybridized carbons (Fsp3) is 0.278. The van der Waals surface area contributed by atoms with Crippen molar-refractivity contribution < 1.29 is 4.74 Å². The summed E-state index contributed by atoms with van der Waals surface area (Å²) in [4.78, 5) is 0. The van der Waals surface area contributed by atoms with Crippen LogP contribution in [-0.2, 0) is 6.54 Å². The maximum absolute atomic E-state index is 5.81. The number of tetrazole rings is 1. The van der Waals surface area contributed by atoms with Gasteiger partial charge in [0, 0.05) is 12.6 Å². The molecule has 0 bridgehead atoms. The van der Waals surface area contributed by atoms with E-state index in [0.717, 1.165) is 18.7 Å². The van der Waals surface area contributed by atoms with Gasteiger partial charge in [-0.05, 0) is 53.6 Å². The van der Waals surface area contributed by atoms with E-state index in [0.29, 0.717) is 17.8 Å². The highest BCUT2D eigenvalue weighted by atomic mass is 16.5. The highest BCUT2D eigenvalue weighted by Gasteiger charge is 2.10. The summed E-state index contributed by atoms with van der Waals surface area (Å²) in [7, 11) is 0. The molecule has 0 fully saturated rings. The van der Waals surface area contributed by atoms with E-state index in [9.17, 15) is 0 Å². The molecular formula is C18H21N5O. The molecule has 0 saturated carbocycles. The quantitative estimate of drug-likeness (QED) is 0.722. The monoisotopic (exact) mass is 323 g/mol. The second-order valence-corrected chi connectivity index (χ2v) is 5.65. The van der Waals surface area contributed by atoms with Crippen LogP contribution in [0.5, 0.6) is 11.8 Å². The molecule has 0 aliphatic rings. The fourth-order valence-corrected chi connectivity index (χ4v) is 2.19. The molecule has 2 aromatic carbocycles. The summed E-state index contributed by atoms with van der Waals surface area (Å²) >= 11 is 0. The van der Waals surface area contributed by atoms with E-state index in [-0.39, 0.29) is 0 Å². The third kappa shape index (κ3) is 3.97. The van der Waals surface area contributed by atoms with Gasteiger partial charge in [0.2, 0.25) is 0 Å². The normalized spacial score (nSPS) is 12.1. The molecule has 6 nitrogen and oxygen atoms in total. The van der Waals surface area contributed by atoms with Crippen molar-refractivity contribution in [3.05, 3.63) is 60.2 Å². The molecule has 24 heavy (non-hydrogen) atoms. The first-order valence-corrected chi connectivity index (χ1v) is 8.10. The average Bonchev–Trinajstić information content (AvgIpc) is 3.09. The molecule has 0 radical (unpaired) electrons.